The summed E-state index contributed by atoms with van der Waals surface area (Å²) in [6.45, 7) is -0.466. The van der Waals surface area contributed by atoms with Crippen molar-refractivity contribution >= 4 is 11.6 Å². The van der Waals surface area contributed by atoms with Gasteiger partial charge in [-0.25, -0.2) is 0 Å². The van der Waals surface area contributed by atoms with Gasteiger partial charge in [0.05, 0.1) is 30.8 Å². The van der Waals surface area contributed by atoms with E-state index in [2.05, 4.69) is 0 Å². The molecule has 2 heterocycles. The van der Waals surface area contributed by atoms with Crippen LogP contribution in [-0.2, 0) is 16.0 Å². The molecule has 5 rings (SSSR count). The maximum atomic E-state index is 13.3. The van der Waals surface area contributed by atoms with Gasteiger partial charge in [-0.1, -0.05) is 72.8 Å². The van der Waals surface area contributed by atoms with E-state index < -0.39 is 43.2 Å². The second-order valence-corrected chi connectivity index (χ2v) is 10.4. The molecule has 3 aromatic carbocycles. The highest BCUT2D eigenvalue weighted by Crippen LogP contribution is 2.46. The van der Waals surface area contributed by atoms with Gasteiger partial charge in [-0.15, -0.1) is 0 Å². The van der Waals surface area contributed by atoms with Crippen molar-refractivity contribution in [2.24, 2.45) is 5.92 Å². The molecule has 0 saturated carbocycles. The zero-order chi connectivity index (χ0) is 27.5. The predicted octanol–water partition coefficient (Wildman–Crippen LogP) is 2.29. The van der Waals surface area contributed by atoms with Gasteiger partial charge in [0, 0.05) is 12.1 Å². The third kappa shape index (κ3) is 5.63. The molecule has 8 nitrogen and oxygen atoms in total. The van der Waals surface area contributed by atoms with E-state index in [4.69, 9.17) is 4.74 Å². The van der Waals surface area contributed by atoms with Crippen LogP contribution < -0.4 is 4.90 Å². The molecule has 2 saturated heterocycles. The van der Waals surface area contributed by atoms with E-state index in [9.17, 15) is 30.3 Å². The Labute approximate surface area is 227 Å². The molecule has 206 valence electrons. The van der Waals surface area contributed by atoms with Crippen LogP contribution in [0.4, 0.5) is 5.69 Å². The highest BCUT2D eigenvalue weighted by molar-refractivity contribution is 6.03. The highest BCUT2D eigenvalue weighted by Gasteiger charge is 2.48. The first-order chi connectivity index (χ1) is 18.9. The molecule has 2 fully saturated rings. The molecular weight excluding hydrogens is 498 g/mol. The van der Waals surface area contributed by atoms with Gasteiger partial charge in [0.2, 0.25) is 5.91 Å². The topological polar surface area (TPSA) is 131 Å². The molecule has 8 atom stereocenters. The minimum Gasteiger partial charge on any atom is -0.394 e. The van der Waals surface area contributed by atoms with Gasteiger partial charge in [0.1, 0.15) is 24.4 Å². The number of rotatable bonds is 9. The first kappa shape index (κ1) is 27.5. The number of benzene rings is 3. The molecule has 3 aromatic rings. The van der Waals surface area contributed by atoms with Gasteiger partial charge in [0.15, 0.2) is 0 Å². The minimum atomic E-state index is -1.41. The fraction of sp³-hybridized carbons (Fsp3) is 0.387. The molecule has 0 aromatic heterocycles. The zero-order valence-electron chi connectivity index (χ0n) is 21.5. The summed E-state index contributed by atoms with van der Waals surface area (Å²) >= 11 is 0. The van der Waals surface area contributed by atoms with Gasteiger partial charge >= 0.3 is 0 Å². The lowest BCUT2D eigenvalue weighted by atomic mass is 9.78. The van der Waals surface area contributed by atoms with E-state index in [1.54, 1.807) is 4.90 Å². The number of para-hydroxylation sites is 1. The van der Waals surface area contributed by atoms with E-state index >= 15 is 0 Å². The summed E-state index contributed by atoms with van der Waals surface area (Å²) in [6.07, 6.45) is -5.18. The standard InChI is InChI=1S/C31H35NO7/c33-18-26-29(36)30(37)28(35)25(39-26)17-19-11-13-21(14-12-19)27-23(15-16-24(34)20-7-3-1-4-8-20)31(38)32(27)22-9-5-2-6-10-22/h1-14,23-30,33-37H,15-18H2/t23-,24+,25+,26-,27-,28-,29-,30-/m1/s1. The van der Waals surface area contributed by atoms with Crippen LogP contribution >= 0.6 is 0 Å². The van der Waals surface area contributed by atoms with Crippen molar-refractivity contribution in [1.82, 2.24) is 0 Å². The summed E-state index contributed by atoms with van der Waals surface area (Å²) in [5, 5.41) is 50.7. The lowest BCUT2D eigenvalue weighted by Gasteiger charge is -2.48. The minimum absolute atomic E-state index is 0.0249. The summed E-state index contributed by atoms with van der Waals surface area (Å²) in [4.78, 5) is 15.1. The molecule has 1 amide bonds. The number of carbonyl (C=O) groups is 1. The largest absolute Gasteiger partial charge is 0.394 e. The normalized spacial score (nSPS) is 29.6. The molecule has 0 aliphatic carbocycles. The van der Waals surface area contributed by atoms with Crippen LogP contribution in [0.1, 0.15) is 41.7 Å². The number of carbonyl (C=O) groups excluding carboxylic acids is 1. The molecule has 0 bridgehead atoms. The van der Waals surface area contributed by atoms with Crippen LogP contribution in [0, 0.1) is 5.92 Å². The maximum Gasteiger partial charge on any atom is 0.233 e. The Bertz CT molecular complexity index is 1220. The number of ether oxygens (including phenoxy) is 1. The van der Waals surface area contributed by atoms with Gasteiger partial charge in [-0.2, -0.15) is 0 Å². The lowest BCUT2D eigenvalue weighted by molar-refractivity contribution is -0.228. The van der Waals surface area contributed by atoms with Gasteiger partial charge in [-0.3, -0.25) is 4.79 Å². The second-order valence-electron chi connectivity index (χ2n) is 10.4. The quantitative estimate of drug-likeness (QED) is 0.267. The molecular formula is C31H35NO7. The van der Waals surface area contributed by atoms with Gasteiger partial charge in [0.25, 0.3) is 0 Å². The van der Waals surface area contributed by atoms with Crippen LogP contribution in [0.3, 0.4) is 0 Å². The molecule has 2 aliphatic rings. The molecule has 0 unspecified atom stereocenters. The Kier molecular flexibility index (Phi) is 8.42. The van der Waals surface area contributed by atoms with Crippen LogP contribution in [0.15, 0.2) is 84.9 Å². The number of amides is 1. The highest BCUT2D eigenvalue weighted by atomic mass is 16.5. The number of anilines is 1. The molecule has 39 heavy (non-hydrogen) atoms. The summed E-state index contributed by atoms with van der Waals surface area (Å²) in [6, 6.07) is 26.5. The van der Waals surface area contributed by atoms with Crippen molar-refractivity contribution in [2.75, 3.05) is 11.5 Å². The van der Waals surface area contributed by atoms with Crippen molar-refractivity contribution in [3.05, 3.63) is 102 Å². The number of aliphatic hydroxyl groups is 5. The summed E-state index contributed by atoms with van der Waals surface area (Å²) in [7, 11) is 0. The van der Waals surface area contributed by atoms with Crippen LogP contribution in [0.25, 0.3) is 0 Å². The van der Waals surface area contributed by atoms with Crippen LogP contribution in [-0.4, -0.2) is 68.6 Å². The predicted molar refractivity (Wildman–Crippen MR) is 145 cm³/mol. The smallest absolute Gasteiger partial charge is 0.233 e. The third-order valence-corrected chi connectivity index (χ3v) is 7.93. The zero-order valence-corrected chi connectivity index (χ0v) is 21.5. The van der Waals surface area contributed by atoms with Crippen molar-refractivity contribution < 1.29 is 35.1 Å². The molecule has 2 aliphatic heterocycles. The monoisotopic (exact) mass is 533 g/mol. The fourth-order valence-corrected chi connectivity index (χ4v) is 5.70. The van der Waals surface area contributed by atoms with Crippen LogP contribution in [0.5, 0.6) is 0 Å². The van der Waals surface area contributed by atoms with Crippen LogP contribution in [0.2, 0.25) is 0 Å². The number of nitrogens with zero attached hydrogens (tertiary/aromatic N) is 1. The van der Waals surface area contributed by atoms with Gasteiger partial charge in [-0.05, 0) is 41.7 Å². The molecule has 0 spiro atoms. The number of hydrogen-bond acceptors (Lipinski definition) is 7. The Morgan fingerprint density at radius 2 is 1.41 bits per heavy atom. The van der Waals surface area contributed by atoms with Crippen molar-refractivity contribution in [3.63, 3.8) is 0 Å². The van der Waals surface area contributed by atoms with E-state index in [0.717, 1.165) is 22.4 Å². The van der Waals surface area contributed by atoms with Crippen molar-refractivity contribution in [3.8, 4) is 0 Å². The van der Waals surface area contributed by atoms with E-state index in [0.29, 0.717) is 12.8 Å². The maximum absolute atomic E-state index is 13.3. The summed E-state index contributed by atoms with van der Waals surface area (Å²) < 4.78 is 5.65. The lowest BCUT2D eigenvalue weighted by Crippen LogP contribution is -2.59. The Morgan fingerprint density at radius 3 is 2.05 bits per heavy atom. The number of aliphatic hydroxyl groups excluding tert-OH is 5. The SMILES string of the molecule is O=C1[C@H](CC[C@H](O)c2ccccc2)[C@@H](c2ccc(C[C@@H]3O[C@H](CO)[C@@H](O)[C@H](O)[C@@H]3O)cc2)N1c1ccccc1. The molecule has 0 radical (unpaired) electrons. The number of hydrogen-bond donors (Lipinski definition) is 5. The molecule has 8 heteroatoms. The third-order valence-electron chi connectivity index (χ3n) is 7.93. The van der Waals surface area contributed by atoms with Gasteiger partial charge < -0.3 is 35.2 Å². The van der Waals surface area contributed by atoms with Crippen molar-refractivity contribution in [1.29, 1.82) is 0 Å². The van der Waals surface area contributed by atoms with E-state index in [-0.39, 0.29) is 24.3 Å². The first-order valence-corrected chi connectivity index (χ1v) is 13.4. The average Bonchev–Trinajstić information content (AvgIpc) is 2.97. The second kappa shape index (κ2) is 12.0. The number of β-lactam (4-membered cyclic amide) rings is 1. The Morgan fingerprint density at radius 1 is 0.795 bits per heavy atom. The average molecular weight is 534 g/mol. The summed E-state index contributed by atoms with van der Waals surface area (Å²) in [5.41, 5.74) is 3.45. The van der Waals surface area contributed by atoms with Crippen molar-refractivity contribution in [2.45, 2.75) is 61.9 Å². The Balaban J connectivity index is 1.32. The van der Waals surface area contributed by atoms with E-state index in [1.165, 1.54) is 0 Å². The summed E-state index contributed by atoms with van der Waals surface area (Å²) in [5.74, 6) is -0.253. The fourth-order valence-electron chi connectivity index (χ4n) is 5.70. The first-order valence-electron chi connectivity index (χ1n) is 13.4. The Hall–Kier alpha value is -3.11. The van der Waals surface area contributed by atoms with E-state index in [1.807, 2.05) is 84.9 Å². The molecule has 5 N–H and O–H groups in total.